The molecule has 2 aromatic rings. The molecule has 0 atom stereocenters. The number of aliphatic imine (C=N–C) groups is 1. The summed E-state index contributed by atoms with van der Waals surface area (Å²) in [6.45, 7) is 8.34. The van der Waals surface area contributed by atoms with Crippen LogP contribution in [0.5, 0.6) is 0 Å². The average molecular weight is 423 g/mol. The predicted octanol–water partition coefficient (Wildman–Crippen LogP) is 4.60. The smallest absolute Gasteiger partial charge is 0.149 e. The number of nitrogens with one attached hydrogen (secondary N) is 1. The molecule has 0 aliphatic heterocycles. The number of thiocarbonyl (C=S) groups is 1. The molecule has 0 unspecified atom stereocenters. The van der Waals surface area contributed by atoms with Crippen molar-refractivity contribution in [2.75, 3.05) is 20.1 Å². The van der Waals surface area contributed by atoms with Crippen LogP contribution in [0.4, 0.5) is 0 Å². The zero-order valence-electron chi connectivity index (χ0n) is 18.1. The molecule has 0 radical (unpaired) electrons. The monoisotopic (exact) mass is 422 g/mol. The zero-order valence-corrected chi connectivity index (χ0v) is 18.9. The maximum Gasteiger partial charge on any atom is 0.149 e. The first-order chi connectivity index (χ1) is 14.5. The highest BCUT2D eigenvalue weighted by Gasteiger charge is 2.12. The van der Waals surface area contributed by atoms with Crippen molar-refractivity contribution in [1.82, 2.24) is 15.4 Å². The average Bonchev–Trinajstić information content (AvgIpc) is 2.77. The van der Waals surface area contributed by atoms with Crippen LogP contribution in [-0.2, 0) is 6.54 Å². The minimum Gasteiger partial charge on any atom is -0.298 e. The minimum atomic E-state index is 0.214. The van der Waals surface area contributed by atoms with E-state index in [0.29, 0.717) is 12.2 Å². The van der Waals surface area contributed by atoms with Crippen LogP contribution in [0.2, 0.25) is 0 Å². The number of pyridine rings is 1. The summed E-state index contributed by atoms with van der Waals surface area (Å²) >= 11 is 5.11. The van der Waals surface area contributed by atoms with Gasteiger partial charge in [-0.1, -0.05) is 54.7 Å². The highest BCUT2D eigenvalue weighted by Crippen LogP contribution is 2.21. The third kappa shape index (κ3) is 6.99. The van der Waals surface area contributed by atoms with Gasteiger partial charge in [0.15, 0.2) is 0 Å². The largest absolute Gasteiger partial charge is 0.298 e. The number of hydroxylamine groups is 1. The molecule has 2 N–H and O–H groups in total. The Labute approximate surface area is 184 Å². The number of allylic oxidation sites excluding steroid dienone is 2. The van der Waals surface area contributed by atoms with E-state index in [2.05, 4.69) is 46.2 Å². The van der Waals surface area contributed by atoms with E-state index in [-0.39, 0.29) is 4.99 Å². The lowest BCUT2D eigenvalue weighted by Gasteiger charge is -2.20. The molecule has 6 heteroatoms. The van der Waals surface area contributed by atoms with Crippen molar-refractivity contribution in [1.29, 1.82) is 0 Å². The topological polar surface area (TPSA) is 60.8 Å². The predicted molar refractivity (Wildman–Crippen MR) is 129 cm³/mol. The van der Waals surface area contributed by atoms with Gasteiger partial charge in [0.2, 0.25) is 0 Å². The van der Waals surface area contributed by atoms with E-state index < -0.39 is 0 Å². The summed E-state index contributed by atoms with van der Waals surface area (Å²) in [5, 5.41) is 9.09. The number of likely N-dealkylation sites (N-methyl/N-ethyl adjacent to an activating group) is 1. The molecule has 5 nitrogen and oxygen atoms in total. The van der Waals surface area contributed by atoms with Crippen LogP contribution >= 0.6 is 12.2 Å². The van der Waals surface area contributed by atoms with Crippen molar-refractivity contribution >= 4 is 29.0 Å². The lowest BCUT2D eigenvalue weighted by molar-refractivity contribution is 0.237. The number of aromatic nitrogens is 1. The summed E-state index contributed by atoms with van der Waals surface area (Å²) in [5.41, 5.74) is 8.25. The van der Waals surface area contributed by atoms with Gasteiger partial charge in [0.25, 0.3) is 0 Å². The van der Waals surface area contributed by atoms with Crippen LogP contribution in [0.1, 0.15) is 36.2 Å². The van der Waals surface area contributed by atoms with Gasteiger partial charge >= 0.3 is 0 Å². The molecule has 158 valence electrons. The molecule has 0 amide bonds. The molecule has 0 fully saturated rings. The first kappa shape index (κ1) is 23.6. The van der Waals surface area contributed by atoms with Crippen molar-refractivity contribution in [3.05, 3.63) is 82.7 Å². The van der Waals surface area contributed by atoms with E-state index in [9.17, 15) is 0 Å². The van der Waals surface area contributed by atoms with Crippen LogP contribution in [-0.4, -0.2) is 46.4 Å². The molecule has 1 aromatic carbocycles. The number of rotatable bonds is 9. The molecule has 30 heavy (non-hydrogen) atoms. The standard InChI is InChI=1S/C24H30N4OS/c1-5-19(14-25-15-20-10-8-7-9-11-20)16-28(4)17-21(6-2)22-12-23(24(30)27-29)26-13-18(22)3/h5-14,29H,15-17H2,1-4H3,(H,27,30)/b19-5+,21-6-,25-14?. The molecular weight excluding hydrogens is 392 g/mol. The van der Waals surface area contributed by atoms with Gasteiger partial charge in [-0.25, -0.2) is 0 Å². The molecule has 1 aromatic heterocycles. The first-order valence-electron chi connectivity index (χ1n) is 9.92. The SMILES string of the molecule is C/C=C(\C=NCc1ccccc1)CN(C)C/C(=C/C)c1cc(C(=S)NO)ncc1C. The molecule has 1 heterocycles. The van der Waals surface area contributed by atoms with Crippen molar-refractivity contribution in [3.63, 3.8) is 0 Å². The number of hydrogen-bond acceptors (Lipinski definition) is 5. The molecule has 0 saturated heterocycles. The molecular formula is C24H30N4OS. The van der Waals surface area contributed by atoms with Gasteiger partial charge in [-0.05, 0) is 61.7 Å². The van der Waals surface area contributed by atoms with Gasteiger partial charge in [-0.15, -0.1) is 0 Å². The highest BCUT2D eigenvalue weighted by atomic mass is 32.1. The highest BCUT2D eigenvalue weighted by molar-refractivity contribution is 7.80. The third-order valence-corrected chi connectivity index (χ3v) is 5.07. The van der Waals surface area contributed by atoms with Crippen molar-refractivity contribution in [2.45, 2.75) is 27.3 Å². The summed E-state index contributed by atoms with van der Waals surface area (Å²) in [4.78, 5) is 11.4. The molecule has 2 rings (SSSR count). The quantitative estimate of drug-likeness (QED) is 0.351. The normalized spacial score (nSPS) is 12.6. The second-order valence-electron chi connectivity index (χ2n) is 7.13. The lowest BCUT2D eigenvalue weighted by Crippen LogP contribution is -2.24. The fourth-order valence-electron chi connectivity index (χ4n) is 3.10. The Bertz CT molecular complexity index is 935. The summed E-state index contributed by atoms with van der Waals surface area (Å²) in [5.74, 6) is 0. The Morgan fingerprint density at radius 2 is 1.93 bits per heavy atom. The van der Waals surface area contributed by atoms with Crippen LogP contribution < -0.4 is 5.48 Å². The maximum absolute atomic E-state index is 9.09. The third-order valence-electron chi connectivity index (χ3n) is 4.77. The van der Waals surface area contributed by atoms with E-state index >= 15 is 0 Å². The number of nitrogens with zero attached hydrogens (tertiary/aromatic N) is 3. The molecule has 0 spiro atoms. The van der Waals surface area contributed by atoms with Crippen molar-refractivity contribution in [3.8, 4) is 0 Å². The second kappa shape index (κ2) is 12.1. The van der Waals surface area contributed by atoms with Crippen molar-refractivity contribution in [2.24, 2.45) is 4.99 Å². The summed E-state index contributed by atoms with van der Waals surface area (Å²) in [6.07, 6.45) is 7.95. The van der Waals surface area contributed by atoms with Gasteiger partial charge in [-0.3, -0.25) is 25.6 Å². The first-order valence-corrected chi connectivity index (χ1v) is 10.3. The number of hydrogen-bond donors (Lipinski definition) is 2. The minimum absolute atomic E-state index is 0.214. The van der Waals surface area contributed by atoms with Gasteiger partial charge < -0.3 is 0 Å². The Morgan fingerprint density at radius 1 is 1.20 bits per heavy atom. The molecule has 0 aliphatic carbocycles. The van der Waals surface area contributed by atoms with Crippen LogP contribution in [0, 0.1) is 6.92 Å². The van der Waals surface area contributed by atoms with Gasteiger partial charge in [-0.2, -0.15) is 0 Å². The zero-order chi connectivity index (χ0) is 21.9. The van der Waals surface area contributed by atoms with E-state index in [1.807, 2.05) is 56.7 Å². The van der Waals surface area contributed by atoms with E-state index in [1.54, 1.807) is 6.20 Å². The Morgan fingerprint density at radius 3 is 2.57 bits per heavy atom. The summed E-state index contributed by atoms with van der Waals surface area (Å²) < 4.78 is 0. The number of aryl methyl sites for hydroxylation is 1. The second-order valence-corrected chi connectivity index (χ2v) is 7.54. The molecule has 0 saturated carbocycles. The Kier molecular flexibility index (Phi) is 9.54. The van der Waals surface area contributed by atoms with Crippen LogP contribution in [0.25, 0.3) is 5.57 Å². The molecule has 0 bridgehead atoms. The van der Waals surface area contributed by atoms with Crippen LogP contribution in [0.15, 0.2) is 65.3 Å². The Hall–Kier alpha value is -2.67. The van der Waals surface area contributed by atoms with Gasteiger partial charge in [0.1, 0.15) is 10.7 Å². The fourth-order valence-corrected chi connectivity index (χ4v) is 3.21. The van der Waals surface area contributed by atoms with Crippen LogP contribution in [0.3, 0.4) is 0 Å². The lowest BCUT2D eigenvalue weighted by atomic mass is 10.0. The maximum atomic E-state index is 9.09. The van der Waals surface area contributed by atoms with Crippen molar-refractivity contribution < 1.29 is 5.21 Å². The van der Waals surface area contributed by atoms with Gasteiger partial charge in [0, 0.05) is 25.5 Å². The van der Waals surface area contributed by atoms with E-state index in [4.69, 9.17) is 17.4 Å². The number of benzene rings is 1. The molecule has 0 aliphatic rings. The Balaban J connectivity index is 2.04. The summed E-state index contributed by atoms with van der Waals surface area (Å²) in [7, 11) is 2.09. The van der Waals surface area contributed by atoms with Gasteiger partial charge in [0.05, 0.1) is 6.54 Å². The fraction of sp³-hybridized carbons (Fsp3) is 0.292. The van der Waals surface area contributed by atoms with E-state index in [1.165, 1.54) is 16.7 Å². The summed E-state index contributed by atoms with van der Waals surface area (Å²) in [6, 6.07) is 12.2. The van der Waals surface area contributed by atoms with E-state index in [0.717, 1.165) is 24.2 Å².